The van der Waals surface area contributed by atoms with Gasteiger partial charge in [-0.05, 0) is 42.7 Å². The Morgan fingerprint density at radius 2 is 1.93 bits per heavy atom. The van der Waals surface area contributed by atoms with Crippen LogP contribution < -0.4 is 10.9 Å². The number of anilines is 1. The van der Waals surface area contributed by atoms with Gasteiger partial charge in [-0.1, -0.05) is 49.4 Å². The molecule has 0 bridgehead atoms. The lowest BCUT2D eigenvalue weighted by Crippen LogP contribution is -2.33. The number of nitrogens with zero attached hydrogens (tertiary/aromatic N) is 2. The zero-order valence-electron chi connectivity index (χ0n) is 16.3. The molecule has 146 valence electrons. The average Bonchev–Trinajstić information content (AvgIpc) is 3.16. The maximum absolute atomic E-state index is 13.1. The van der Waals surface area contributed by atoms with Crippen molar-refractivity contribution in [2.45, 2.75) is 26.3 Å². The molecule has 1 unspecified atom stereocenters. The standard InChI is InChI=1S/C23H21N3O2S/c1-3-19(21(27)25-17-11-7-8-15(2)12-17)26-14-24-22-18(23(26)28)13-20(29-22)16-9-5-4-6-10-16/h4-14,19H,3H2,1-2H3,(H,25,27). The van der Waals surface area contributed by atoms with Gasteiger partial charge in [-0.15, -0.1) is 11.3 Å². The summed E-state index contributed by atoms with van der Waals surface area (Å²) >= 11 is 1.48. The first-order chi connectivity index (χ1) is 14.1. The fraction of sp³-hybridized carbons (Fsp3) is 0.174. The molecular formula is C23H21N3O2S. The zero-order valence-corrected chi connectivity index (χ0v) is 17.1. The van der Waals surface area contributed by atoms with Crippen molar-refractivity contribution >= 4 is 33.1 Å². The molecular weight excluding hydrogens is 382 g/mol. The summed E-state index contributed by atoms with van der Waals surface area (Å²) < 4.78 is 1.44. The van der Waals surface area contributed by atoms with E-state index in [1.54, 1.807) is 0 Å². The van der Waals surface area contributed by atoms with E-state index in [-0.39, 0.29) is 11.5 Å². The molecule has 2 heterocycles. The SMILES string of the molecule is CCC(C(=O)Nc1cccc(C)c1)n1cnc2sc(-c3ccccc3)cc2c1=O. The summed E-state index contributed by atoms with van der Waals surface area (Å²) in [6, 6.07) is 18.8. The van der Waals surface area contributed by atoms with E-state index in [0.29, 0.717) is 16.6 Å². The summed E-state index contributed by atoms with van der Waals surface area (Å²) in [5.74, 6) is -0.222. The van der Waals surface area contributed by atoms with Gasteiger partial charge in [0.15, 0.2) is 0 Å². The van der Waals surface area contributed by atoms with Crippen molar-refractivity contribution in [2.24, 2.45) is 0 Å². The molecule has 4 aromatic rings. The minimum Gasteiger partial charge on any atom is -0.324 e. The van der Waals surface area contributed by atoms with Gasteiger partial charge in [0.1, 0.15) is 10.9 Å². The molecule has 0 spiro atoms. The van der Waals surface area contributed by atoms with E-state index in [2.05, 4.69) is 10.3 Å². The van der Waals surface area contributed by atoms with Crippen LogP contribution in [0.2, 0.25) is 0 Å². The van der Waals surface area contributed by atoms with Crippen molar-refractivity contribution in [3.05, 3.63) is 82.9 Å². The molecule has 2 aromatic carbocycles. The first-order valence-corrected chi connectivity index (χ1v) is 10.3. The zero-order chi connectivity index (χ0) is 20.4. The second kappa shape index (κ2) is 8.01. The van der Waals surface area contributed by atoms with Crippen LogP contribution in [0.5, 0.6) is 0 Å². The van der Waals surface area contributed by atoms with E-state index in [4.69, 9.17) is 0 Å². The number of rotatable bonds is 5. The van der Waals surface area contributed by atoms with Crippen molar-refractivity contribution < 1.29 is 4.79 Å². The first-order valence-electron chi connectivity index (χ1n) is 9.50. The highest BCUT2D eigenvalue weighted by Crippen LogP contribution is 2.31. The van der Waals surface area contributed by atoms with Crippen LogP contribution >= 0.6 is 11.3 Å². The molecule has 2 aromatic heterocycles. The lowest BCUT2D eigenvalue weighted by Gasteiger charge is -2.17. The summed E-state index contributed by atoms with van der Waals surface area (Å²) in [5.41, 5.74) is 2.63. The van der Waals surface area contributed by atoms with E-state index >= 15 is 0 Å². The summed E-state index contributed by atoms with van der Waals surface area (Å²) in [5, 5.41) is 3.45. The predicted molar refractivity (Wildman–Crippen MR) is 118 cm³/mol. The van der Waals surface area contributed by atoms with E-state index in [0.717, 1.165) is 21.7 Å². The van der Waals surface area contributed by atoms with Crippen molar-refractivity contribution in [1.82, 2.24) is 9.55 Å². The van der Waals surface area contributed by atoms with Gasteiger partial charge in [0, 0.05) is 10.6 Å². The Morgan fingerprint density at radius 1 is 1.14 bits per heavy atom. The fourth-order valence-corrected chi connectivity index (χ4v) is 4.36. The molecule has 6 heteroatoms. The Hall–Kier alpha value is -3.25. The molecule has 1 amide bonds. The lowest BCUT2D eigenvalue weighted by atomic mass is 10.1. The molecule has 0 radical (unpaired) electrons. The fourth-order valence-electron chi connectivity index (χ4n) is 3.36. The number of benzene rings is 2. The highest BCUT2D eigenvalue weighted by Gasteiger charge is 2.22. The first kappa shape index (κ1) is 19.1. The summed E-state index contributed by atoms with van der Waals surface area (Å²) in [6.45, 7) is 3.86. The number of carbonyl (C=O) groups is 1. The third-order valence-electron chi connectivity index (χ3n) is 4.85. The number of aromatic nitrogens is 2. The van der Waals surface area contributed by atoms with Crippen LogP contribution in [0.25, 0.3) is 20.7 Å². The van der Waals surface area contributed by atoms with Crippen LogP contribution in [-0.2, 0) is 4.79 Å². The number of thiophene rings is 1. The molecule has 1 N–H and O–H groups in total. The van der Waals surface area contributed by atoms with Crippen LogP contribution in [-0.4, -0.2) is 15.5 Å². The Morgan fingerprint density at radius 3 is 2.66 bits per heavy atom. The van der Waals surface area contributed by atoms with E-state index < -0.39 is 6.04 Å². The van der Waals surface area contributed by atoms with Crippen LogP contribution in [0.3, 0.4) is 0 Å². The maximum atomic E-state index is 13.1. The van der Waals surface area contributed by atoms with Gasteiger partial charge in [-0.2, -0.15) is 0 Å². The monoisotopic (exact) mass is 403 g/mol. The average molecular weight is 404 g/mol. The van der Waals surface area contributed by atoms with Gasteiger partial charge in [-0.3, -0.25) is 14.2 Å². The third-order valence-corrected chi connectivity index (χ3v) is 5.94. The van der Waals surface area contributed by atoms with E-state index in [1.807, 2.05) is 74.5 Å². The minimum atomic E-state index is -0.625. The smallest absolute Gasteiger partial charge is 0.262 e. The summed E-state index contributed by atoms with van der Waals surface area (Å²) in [6.07, 6.45) is 1.97. The van der Waals surface area contributed by atoms with Gasteiger partial charge in [0.05, 0.1) is 11.7 Å². The van der Waals surface area contributed by atoms with Crippen molar-refractivity contribution in [3.8, 4) is 10.4 Å². The predicted octanol–water partition coefficient (Wildman–Crippen LogP) is 5.02. The molecule has 0 saturated heterocycles. The Balaban J connectivity index is 1.69. The number of fused-ring (bicyclic) bond motifs is 1. The van der Waals surface area contributed by atoms with Crippen LogP contribution in [0.4, 0.5) is 5.69 Å². The highest BCUT2D eigenvalue weighted by molar-refractivity contribution is 7.21. The van der Waals surface area contributed by atoms with Crippen molar-refractivity contribution in [3.63, 3.8) is 0 Å². The number of hydrogen-bond acceptors (Lipinski definition) is 4. The molecule has 0 aliphatic carbocycles. The van der Waals surface area contributed by atoms with Crippen molar-refractivity contribution in [2.75, 3.05) is 5.32 Å². The molecule has 1 atom stereocenters. The topological polar surface area (TPSA) is 64.0 Å². The molecule has 0 aliphatic rings. The van der Waals surface area contributed by atoms with Crippen LogP contribution in [0, 0.1) is 6.92 Å². The van der Waals surface area contributed by atoms with Gasteiger partial charge < -0.3 is 5.32 Å². The van der Waals surface area contributed by atoms with E-state index in [1.165, 1.54) is 22.2 Å². The highest BCUT2D eigenvalue weighted by atomic mass is 32.1. The number of aryl methyl sites for hydroxylation is 1. The normalized spacial score (nSPS) is 12.1. The molecule has 29 heavy (non-hydrogen) atoms. The number of carbonyl (C=O) groups excluding carboxylic acids is 1. The van der Waals surface area contributed by atoms with Crippen LogP contribution in [0.15, 0.2) is 71.8 Å². The van der Waals surface area contributed by atoms with Gasteiger partial charge >= 0.3 is 0 Å². The summed E-state index contributed by atoms with van der Waals surface area (Å²) in [7, 11) is 0. The second-order valence-electron chi connectivity index (χ2n) is 6.94. The third kappa shape index (κ3) is 3.84. The Labute approximate surface area is 172 Å². The number of amides is 1. The van der Waals surface area contributed by atoms with Gasteiger partial charge in [0.2, 0.25) is 5.91 Å². The quantitative estimate of drug-likeness (QED) is 0.509. The minimum absolute atomic E-state index is 0.195. The Bertz CT molecular complexity index is 1230. The van der Waals surface area contributed by atoms with Gasteiger partial charge in [-0.25, -0.2) is 4.98 Å². The molecule has 4 rings (SSSR count). The molecule has 0 fully saturated rings. The molecule has 0 saturated carbocycles. The number of hydrogen-bond donors (Lipinski definition) is 1. The van der Waals surface area contributed by atoms with E-state index in [9.17, 15) is 9.59 Å². The lowest BCUT2D eigenvalue weighted by molar-refractivity contribution is -0.119. The summed E-state index contributed by atoms with van der Waals surface area (Å²) in [4.78, 5) is 32.1. The largest absolute Gasteiger partial charge is 0.324 e. The Kier molecular flexibility index (Phi) is 5.27. The number of nitrogens with one attached hydrogen (secondary N) is 1. The van der Waals surface area contributed by atoms with Crippen LogP contribution in [0.1, 0.15) is 24.9 Å². The molecule has 5 nitrogen and oxygen atoms in total. The van der Waals surface area contributed by atoms with Crippen molar-refractivity contribution in [1.29, 1.82) is 0 Å². The van der Waals surface area contributed by atoms with Gasteiger partial charge in [0.25, 0.3) is 5.56 Å². The molecule has 0 aliphatic heterocycles. The maximum Gasteiger partial charge on any atom is 0.262 e. The second-order valence-corrected chi connectivity index (χ2v) is 7.97.